The molecule has 2 amide bonds. The van der Waals surface area contributed by atoms with Gasteiger partial charge in [0, 0.05) is 23.5 Å². The predicted molar refractivity (Wildman–Crippen MR) is 192 cm³/mol. The minimum Gasteiger partial charge on any atom is -0.494 e. The topological polar surface area (TPSA) is 96.0 Å². The third-order valence-corrected chi connectivity index (χ3v) is 10.9. The Morgan fingerprint density at radius 1 is 0.898 bits per heavy atom. The number of nitrogens with one attached hydrogen (secondary N) is 1. The molecule has 0 aromatic heterocycles. The van der Waals surface area contributed by atoms with E-state index in [0.717, 1.165) is 64.1 Å². The molecule has 0 heterocycles. The maximum atomic E-state index is 14.7. The molecule has 1 fully saturated rings. The second kappa shape index (κ2) is 16.9. The first kappa shape index (κ1) is 36.1. The molecule has 4 aromatic carbocycles. The first-order valence-electron chi connectivity index (χ1n) is 16.5. The van der Waals surface area contributed by atoms with Crippen molar-refractivity contribution in [3.05, 3.63) is 125 Å². The molecule has 1 atom stereocenters. The van der Waals surface area contributed by atoms with Gasteiger partial charge in [-0.25, -0.2) is 12.8 Å². The highest BCUT2D eigenvalue weighted by Gasteiger charge is 2.35. The molecular weight excluding hydrogens is 709 g/mol. The van der Waals surface area contributed by atoms with Crippen LogP contribution in [0.1, 0.15) is 50.2 Å². The van der Waals surface area contributed by atoms with Crippen molar-refractivity contribution >= 4 is 43.5 Å². The number of carbonyl (C=O) groups excluding carboxylic acids is 2. The molecule has 0 bridgehead atoms. The highest BCUT2D eigenvalue weighted by molar-refractivity contribution is 9.10. The van der Waals surface area contributed by atoms with Gasteiger partial charge in [-0.1, -0.05) is 77.7 Å². The Labute approximate surface area is 296 Å². The SMILES string of the molecule is CCOc1ccc(N(CC(=O)N(Cc2cccc(Br)c2)[C@@H](Cc2ccccc2)C(=O)NC2CCCCC2)S(=O)(=O)c2ccc(F)cc2)cc1. The van der Waals surface area contributed by atoms with Gasteiger partial charge in [0.25, 0.3) is 10.0 Å². The Hall–Kier alpha value is -4.22. The molecule has 11 heteroatoms. The van der Waals surface area contributed by atoms with Crippen LogP contribution in [0.3, 0.4) is 0 Å². The number of amides is 2. The van der Waals surface area contributed by atoms with Gasteiger partial charge in [0.05, 0.1) is 17.2 Å². The Morgan fingerprint density at radius 3 is 2.22 bits per heavy atom. The molecule has 49 heavy (non-hydrogen) atoms. The second-order valence-corrected chi connectivity index (χ2v) is 14.9. The van der Waals surface area contributed by atoms with E-state index >= 15 is 0 Å². The van der Waals surface area contributed by atoms with E-state index in [1.54, 1.807) is 24.3 Å². The average molecular weight is 751 g/mol. The summed E-state index contributed by atoms with van der Waals surface area (Å²) in [4.78, 5) is 30.2. The van der Waals surface area contributed by atoms with Gasteiger partial charge in [0.1, 0.15) is 24.2 Å². The molecule has 0 unspecified atom stereocenters. The number of nitrogens with zero attached hydrogens (tertiary/aromatic N) is 2. The first-order chi connectivity index (χ1) is 23.6. The fourth-order valence-corrected chi connectivity index (χ4v) is 7.93. The van der Waals surface area contributed by atoms with Crippen molar-refractivity contribution in [3.63, 3.8) is 0 Å². The Bertz CT molecular complexity index is 1800. The van der Waals surface area contributed by atoms with E-state index in [9.17, 15) is 22.4 Å². The number of anilines is 1. The van der Waals surface area contributed by atoms with E-state index in [-0.39, 0.29) is 35.5 Å². The molecule has 258 valence electrons. The van der Waals surface area contributed by atoms with Gasteiger partial charge in [-0.3, -0.25) is 13.9 Å². The van der Waals surface area contributed by atoms with Crippen LogP contribution < -0.4 is 14.4 Å². The first-order valence-corrected chi connectivity index (χ1v) is 18.8. The summed E-state index contributed by atoms with van der Waals surface area (Å²) in [6.07, 6.45) is 5.13. The lowest BCUT2D eigenvalue weighted by molar-refractivity contribution is -0.140. The summed E-state index contributed by atoms with van der Waals surface area (Å²) in [6.45, 7) is 1.71. The van der Waals surface area contributed by atoms with Crippen molar-refractivity contribution in [2.45, 2.75) is 69.0 Å². The van der Waals surface area contributed by atoms with Crippen LogP contribution in [0.2, 0.25) is 0 Å². The van der Waals surface area contributed by atoms with E-state index in [2.05, 4.69) is 21.2 Å². The lowest BCUT2D eigenvalue weighted by atomic mass is 9.94. The van der Waals surface area contributed by atoms with Crippen molar-refractivity contribution in [1.29, 1.82) is 0 Å². The van der Waals surface area contributed by atoms with Gasteiger partial charge in [0.2, 0.25) is 11.8 Å². The summed E-state index contributed by atoms with van der Waals surface area (Å²) in [5, 5.41) is 3.21. The number of hydrogen-bond acceptors (Lipinski definition) is 5. The Balaban J connectivity index is 1.56. The normalized spacial score (nSPS) is 14.1. The van der Waals surface area contributed by atoms with Crippen LogP contribution in [-0.2, 0) is 32.6 Å². The number of halogens is 2. The van der Waals surface area contributed by atoms with Gasteiger partial charge in [-0.05, 0) is 91.6 Å². The van der Waals surface area contributed by atoms with Crippen LogP contribution in [0.25, 0.3) is 0 Å². The maximum absolute atomic E-state index is 14.7. The van der Waals surface area contributed by atoms with Crippen molar-refractivity contribution in [1.82, 2.24) is 10.2 Å². The molecule has 4 aromatic rings. The molecule has 0 radical (unpaired) electrons. The molecule has 0 aliphatic heterocycles. The second-order valence-electron chi connectivity index (χ2n) is 12.1. The lowest BCUT2D eigenvalue weighted by Crippen LogP contribution is -2.55. The number of ether oxygens (including phenoxy) is 1. The quantitative estimate of drug-likeness (QED) is 0.146. The largest absolute Gasteiger partial charge is 0.494 e. The van der Waals surface area contributed by atoms with Gasteiger partial charge in [0.15, 0.2) is 0 Å². The van der Waals surface area contributed by atoms with Crippen LogP contribution in [-0.4, -0.2) is 50.4 Å². The zero-order valence-electron chi connectivity index (χ0n) is 27.4. The third-order valence-electron chi connectivity index (χ3n) is 8.58. The van der Waals surface area contributed by atoms with Crippen LogP contribution in [0.5, 0.6) is 5.75 Å². The molecule has 1 aliphatic carbocycles. The molecule has 0 saturated heterocycles. The van der Waals surface area contributed by atoms with Gasteiger partial charge in [-0.15, -0.1) is 0 Å². The molecule has 8 nitrogen and oxygen atoms in total. The van der Waals surface area contributed by atoms with Crippen LogP contribution in [0, 0.1) is 5.82 Å². The maximum Gasteiger partial charge on any atom is 0.264 e. The molecule has 1 aliphatic rings. The standard InChI is InChI=1S/C38H41BrFN3O5S/c1-2-48-34-20-18-33(19-21-34)43(49(46,47)35-22-16-31(40)17-23-35)27-37(44)42(26-29-12-9-13-30(39)24-29)36(25-28-10-5-3-6-11-28)38(45)41-32-14-7-4-8-15-32/h3,5-6,9-13,16-24,32,36H,2,4,7-8,14-15,25-27H2,1H3,(H,41,45)/t36-/m0/s1. The minimum absolute atomic E-state index is 0.00144. The molecule has 5 rings (SSSR count). The van der Waals surface area contributed by atoms with Crippen molar-refractivity contribution < 1.29 is 27.1 Å². The van der Waals surface area contributed by atoms with Gasteiger partial charge in [-0.2, -0.15) is 0 Å². The van der Waals surface area contributed by atoms with Gasteiger partial charge >= 0.3 is 0 Å². The summed E-state index contributed by atoms with van der Waals surface area (Å²) in [6, 6.07) is 26.9. The number of sulfonamides is 1. The summed E-state index contributed by atoms with van der Waals surface area (Å²) in [5.74, 6) is -0.904. The van der Waals surface area contributed by atoms with Crippen LogP contribution in [0.15, 0.2) is 112 Å². The summed E-state index contributed by atoms with van der Waals surface area (Å²) < 4.78 is 49.6. The molecule has 1 saturated carbocycles. The van der Waals surface area contributed by atoms with E-state index in [1.165, 1.54) is 17.0 Å². The number of hydrogen-bond donors (Lipinski definition) is 1. The summed E-state index contributed by atoms with van der Waals surface area (Å²) in [7, 11) is -4.36. The van der Waals surface area contributed by atoms with Crippen LogP contribution >= 0.6 is 15.9 Å². The summed E-state index contributed by atoms with van der Waals surface area (Å²) >= 11 is 3.51. The molecular formula is C38H41BrFN3O5S. The Morgan fingerprint density at radius 2 is 1.57 bits per heavy atom. The van der Waals surface area contributed by atoms with Crippen LogP contribution in [0.4, 0.5) is 10.1 Å². The fourth-order valence-electron chi connectivity index (χ4n) is 6.07. The van der Waals surface area contributed by atoms with Crippen molar-refractivity contribution in [2.75, 3.05) is 17.5 Å². The monoisotopic (exact) mass is 749 g/mol. The number of rotatable bonds is 14. The number of carbonyl (C=O) groups is 2. The van der Waals surface area contributed by atoms with Crippen molar-refractivity contribution in [2.24, 2.45) is 0 Å². The van der Waals surface area contributed by atoms with E-state index < -0.39 is 34.3 Å². The summed E-state index contributed by atoms with van der Waals surface area (Å²) in [5.41, 5.74) is 1.84. The van der Waals surface area contributed by atoms with E-state index in [4.69, 9.17) is 4.74 Å². The minimum atomic E-state index is -4.36. The van der Waals surface area contributed by atoms with Gasteiger partial charge < -0.3 is 15.0 Å². The van der Waals surface area contributed by atoms with E-state index in [1.807, 2.05) is 61.5 Å². The highest BCUT2D eigenvalue weighted by Crippen LogP contribution is 2.28. The smallest absolute Gasteiger partial charge is 0.264 e. The fraction of sp³-hybridized carbons (Fsp3) is 0.316. The zero-order valence-corrected chi connectivity index (χ0v) is 29.8. The number of benzene rings is 4. The Kier molecular flexibility index (Phi) is 12.5. The third kappa shape index (κ3) is 9.70. The predicted octanol–water partition coefficient (Wildman–Crippen LogP) is 7.27. The van der Waals surface area contributed by atoms with E-state index in [0.29, 0.717) is 12.4 Å². The molecule has 1 N–H and O–H groups in total. The van der Waals surface area contributed by atoms with Crippen molar-refractivity contribution in [3.8, 4) is 5.75 Å². The average Bonchev–Trinajstić information content (AvgIpc) is 3.10. The lowest BCUT2D eigenvalue weighted by Gasteiger charge is -2.35. The highest BCUT2D eigenvalue weighted by atomic mass is 79.9. The zero-order chi connectivity index (χ0) is 34.8. The molecule has 0 spiro atoms.